The van der Waals surface area contributed by atoms with Crippen molar-refractivity contribution in [3.8, 4) is 0 Å². The van der Waals surface area contributed by atoms with Crippen molar-refractivity contribution in [1.82, 2.24) is 15.1 Å². The highest BCUT2D eigenvalue weighted by molar-refractivity contribution is 7.99. The van der Waals surface area contributed by atoms with Gasteiger partial charge in [0.15, 0.2) is 9.84 Å². The molecule has 27 heavy (non-hydrogen) atoms. The molecule has 0 aliphatic carbocycles. The zero-order chi connectivity index (χ0) is 19.4. The number of benzene rings is 1. The molecule has 0 saturated carbocycles. The highest BCUT2D eigenvalue weighted by Gasteiger charge is 2.29. The van der Waals surface area contributed by atoms with Crippen LogP contribution in [0.2, 0.25) is 0 Å². The monoisotopic (exact) mass is 409 g/mol. The Morgan fingerprint density at radius 1 is 1.30 bits per heavy atom. The Morgan fingerprint density at radius 2 is 2.04 bits per heavy atom. The molecule has 1 aromatic heterocycles. The second-order valence-electron chi connectivity index (χ2n) is 6.96. The number of nitrogens with zero attached hydrogens (tertiary/aromatic N) is 3. The molecule has 2 heterocycles. The van der Waals surface area contributed by atoms with Crippen LogP contribution in [0.25, 0.3) is 0 Å². The summed E-state index contributed by atoms with van der Waals surface area (Å²) in [6.45, 7) is 2.57. The van der Waals surface area contributed by atoms with E-state index in [4.69, 9.17) is 4.42 Å². The van der Waals surface area contributed by atoms with Gasteiger partial charge in [-0.25, -0.2) is 8.42 Å². The van der Waals surface area contributed by atoms with Crippen molar-refractivity contribution < 1.29 is 17.6 Å². The van der Waals surface area contributed by atoms with E-state index in [9.17, 15) is 13.2 Å². The van der Waals surface area contributed by atoms with Crippen LogP contribution in [0.1, 0.15) is 23.4 Å². The van der Waals surface area contributed by atoms with Gasteiger partial charge in [0.2, 0.25) is 11.8 Å². The third-order valence-corrected chi connectivity index (χ3v) is 7.16. The molecule has 1 aliphatic heterocycles. The molecule has 0 spiro atoms. The van der Waals surface area contributed by atoms with Gasteiger partial charge in [0.05, 0.1) is 17.3 Å². The van der Waals surface area contributed by atoms with Gasteiger partial charge in [0, 0.05) is 20.0 Å². The van der Waals surface area contributed by atoms with Gasteiger partial charge in [0.1, 0.15) is 0 Å². The van der Waals surface area contributed by atoms with Crippen LogP contribution in [0, 0.1) is 12.8 Å². The van der Waals surface area contributed by atoms with Crippen LogP contribution in [0.3, 0.4) is 0 Å². The summed E-state index contributed by atoms with van der Waals surface area (Å²) in [5, 5.41) is 8.25. The predicted molar refractivity (Wildman–Crippen MR) is 103 cm³/mol. The van der Waals surface area contributed by atoms with Crippen molar-refractivity contribution in [3.05, 3.63) is 41.3 Å². The highest BCUT2D eigenvalue weighted by Crippen LogP contribution is 2.24. The Labute approximate surface area is 163 Å². The van der Waals surface area contributed by atoms with Gasteiger partial charge in [-0.3, -0.25) is 4.79 Å². The maximum Gasteiger partial charge on any atom is 0.277 e. The van der Waals surface area contributed by atoms with Crippen LogP contribution in [-0.4, -0.2) is 53.7 Å². The van der Waals surface area contributed by atoms with Crippen LogP contribution >= 0.6 is 11.8 Å². The van der Waals surface area contributed by atoms with Crippen LogP contribution in [-0.2, 0) is 27.6 Å². The number of carbonyl (C=O) groups excluding carboxylic acids is 1. The molecule has 1 fully saturated rings. The van der Waals surface area contributed by atoms with E-state index >= 15 is 0 Å². The average Bonchev–Trinajstić information content (AvgIpc) is 3.20. The smallest absolute Gasteiger partial charge is 0.277 e. The number of sulfone groups is 1. The number of hydrogen-bond acceptors (Lipinski definition) is 7. The van der Waals surface area contributed by atoms with E-state index < -0.39 is 9.84 Å². The second-order valence-corrected chi connectivity index (χ2v) is 10.1. The van der Waals surface area contributed by atoms with E-state index in [0.717, 1.165) is 5.56 Å². The predicted octanol–water partition coefficient (Wildman–Crippen LogP) is 2.11. The van der Waals surface area contributed by atoms with Crippen molar-refractivity contribution in [2.24, 2.45) is 5.92 Å². The van der Waals surface area contributed by atoms with E-state index in [2.05, 4.69) is 10.2 Å². The van der Waals surface area contributed by atoms with Crippen LogP contribution in [0.4, 0.5) is 0 Å². The molecule has 0 bridgehead atoms. The van der Waals surface area contributed by atoms with Crippen molar-refractivity contribution in [3.63, 3.8) is 0 Å². The highest BCUT2D eigenvalue weighted by atomic mass is 32.2. The SMILES string of the molecule is Cc1ccc(CN(C)C(=O)CSc2nnc(CC3CCS(=O)(=O)C3)o2)cc1. The summed E-state index contributed by atoms with van der Waals surface area (Å²) in [6, 6.07) is 8.08. The van der Waals surface area contributed by atoms with Gasteiger partial charge in [-0.1, -0.05) is 41.6 Å². The first-order valence-electron chi connectivity index (χ1n) is 8.76. The minimum Gasteiger partial charge on any atom is -0.416 e. The van der Waals surface area contributed by atoms with Crippen molar-refractivity contribution in [1.29, 1.82) is 0 Å². The molecule has 3 rings (SSSR count). The van der Waals surface area contributed by atoms with E-state index in [0.29, 0.717) is 30.5 Å². The summed E-state index contributed by atoms with van der Waals surface area (Å²) in [4.78, 5) is 14.0. The Balaban J connectivity index is 1.46. The molecule has 1 aliphatic rings. The first-order valence-corrected chi connectivity index (χ1v) is 11.6. The Morgan fingerprint density at radius 3 is 2.70 bits per heavy atom. The first-order chi connectivity index (χ1) is 12.8. The number of aryl methyl sites for hydroxylation is 1. The molecule has 2 aromatic rings. The summed E-state index contributed by atoms with van der Waals surface area (Å²) in [6.07, 6.45) is 1.10. The molecule has 7 nitrogen and oxygen atoms in total. The number of carbonyl (C=O) groups is 1. The number of rotatable bonds is 7. The molecule has 1 atom stereocenters. The topological polar surface area (TPSA) is 93.4 Å². The molecule has 1 aromatic carbocycles. The quantitative estimate of drug-likeness (QED) is 0.647. The number of thioether (sulfide) groups is 1. The molecule has 0 radical (unpaired) electrons. The van der Waals surface area contributed by atoms with Gasteiger partial charge in [-0.2, -0.15) is 0 Å². The fraction of sp³-hybridized carbons (Fsp3) is 0.500. The molecule has 146 valence electrons. The second kappa shape index (κ2) is 8.43. The van der Waals surface area contributed by atoms with Crippen LogP contribution in [0.5, 0.6) is 0 Å². The lowest BCUT2D eigenvalue weighted by molar-refractivity contribution is -0.127. The third-order valence-electron chi connectivity index (χ3n) is 4.52. The zero-order valence-corrected chi connectivity index (χ0v) is 17.1. The molecular weight excluding hydrogens is 386 g/mol. The normalized spacial score (nSPS) is 18.5. The lowest BCUT2D eigenvalue weighted by atomic mass is 10.1. The Kier molecular flexibility index (Phi) is 6.21. The molecule has 9 heteroatoms. The number of aromatic nitrogens is 2. The summed E-state index contributed by atoms with van der Waals surface area (Å²) >= 11 is 1.20. The number of amides is 1. The molecule has 1 unspecified atom stereocenters. The molecular formula is C18H23N3O4S2. The Hall–Kier alpha value is -1.87. The maximum atomic E-state index is 12.3. The average molecular weight is 410 g/mol. The van der Waals surface area contributed by atoms with Crippen LogP contribution < -0.4 is 0 Å². The lowest BCUT2D eigenvalue weighted by Gasteiger charge is -2.16. The first kappa shape index (κ1) is 19.9. The van der Waals surface area contributed by atoms with E-state index in [1.807, 2.05) is 31.2 Å². The van der Waals surface area contributed by atoms with Crippen molar-refractivity contribution >= 4 is 27.5 Å². The van der Waals surface area contributed by atoms with Crippen molar-refractivity contribution in [2.45, 2.75) is 31.5 Å². The van der Waals surface area contributed by atoms with Gasteiger partial charge in [0.25, 0.3) is 5.22 Å². The molecule has 0 N–H and O–H groups in total. The number of hydrogen-bond donors (Lipinski definition) is 0. The summed E-state index contributed by atoms with van der Waals surface area (Å²) in [5.74, 6) is 1.06. The van der Waals surface area contributed by atoms with E-state index in [-0.39, 0.29) is 29.1 Å². The van der Waals surface area contributed by atoms with Crippen molar-refractivity contribution in [2.75, 3.05) is 24.3 Å². The summed E-state index contributed by atoms with van der Waals surface area (Å²) in [7, 11) is -1.15. The molecule has 1 amide bonds. The van der Waals surface area contributed by atoms with E-state index in [1.54, 1.807) is 11.9 Å². The lowest BCUT2D eigenvalue weighted by Crippen LogP contribution is -2.27. The third kappa shape index (κ3) is 5.80. The van der Waals surface area contributed by atoms with E-state index in [1.165, 1.54) is 17.3 Å². The minimum absolute atomic E-state index is 0.0257. The summed E-state index contributed by atoms with van der Waals surface area (Å²) in [5.41, 5.74) is 2.26. The van der Waals surface area contributed by atoms with Gasteiger partial charge in [-0.15, -0.1) is 10.2 Å². The standard InChI is InChI=1S/C18H23N3O4S2/c1-13-3-5-14(6-4-13)10-21(2)17(22)11-26-18-20-19-16(25-18)9-15-7-8-27(23,24)12-15/h3-6,15H,7-12H2,1-2H3. The van der Waals surface area contributed by atoms with Crippen LogP contribution in [0.15, 0.2) is 33.9 Å². The Bertz CT molecular complexity index is 894. The molecule has 1 saturated heterocycles. The van der Waals surface area contributed by atoms with Gasteiger partial charge < -0.3 is 9.32 Å². The minimum atomic E-state index is -2.91. The summed E-state index contributed by atoms with van der Waals surface area (Å²) < 4.78 is 28.6. The zero-order valence-electron chi connectivity index (χ0n) is 15.4. The fourth-order valence-electron chi connectivity index (χ4n) is 2.95. The largest absolute Gasteiger partial charge is 0.416 e. The maximum absolute atomic E-state index is 12.3. The fourth-order valence-corrected chi connectivity index (χ4v) is 5.53. The van der Waals surface area contributed by atoms with Gasteiger partial charge >= 0.3 is 0 Å². The van der Waals surface area contributed by atoms with Gasteiger partial charge in [-0.05, 0) is 24.8 Å².